The molecule has 4 heteroatoms. The summed E-state index contributed by atoms with van der Waals surface area (Å²) in [6.45, 7) is 1.75. The molecule has 2 rings (SSSR count). The molecule has 1 aliphatic heterocycles. The summed E-state index contributed by atoms with van der Waals surface area (Å²) in [5, 5.41) is 7.50. The molecule has 13 heavy (non-hydrogen) atoms. The summed E-state index contributed by atoms with van der Waals surface area (Å²) in [5.41, 5.74) is 2.18. The second-order valence-electron chi connectivity index (χ2n) is 2.67. The molecule has 0 unspecified atom stereocenters. The Morgan fingerprint density at radius 2 is 2.46 bits per heavy atom. The van der Waals surface area contributed by atoms with Crippen LogP contribution in [0, 0.1) is 0 Å². The minimum absolute atomic E-state index is 0.372. The fourth-order valence-electron chi connectivity index (χ4n) is 1.04. The maximum absolute atomic E-state index is 11.1. The zero-order chi connectivity index (χ0) is 9.26. The fraction of sp³-hybridized carbons (Fsp3) is 0.111. The first-order chi connectivity index (χ1) is 6.27. The van der Waals surface area contributed by atoms with Crippen LogP contribution >= 0.6 is 11.3 Å². The van der Waals surface area contributed by atoms with Crippen molar-refractivity contribution in [1.29, 1.82) is 0 Å². The predicted molar refractivity (Wildman–Crippen MR) is 51.5 cm³/mol. The Balaban J connectivity index is 2.35. The standard InChI is InChI=1S/C9H7NO2S/c1-6-8(9(11)12-10-6)4-7-2-3-13-5-7/h2-5H,1H3/b8-4+. The van der Waals surface area contributed by atoms with Crippen molar-refractivity contribution in [1.82, 2.24) is 0 Å². The molecule has 0 fully saturated rings. The lowest BCUT2D eigenvalue weighted by Gasteiger charge is -1.90. The molecule has 0 spiro atoms. The van der Waals surface area contributed by atoms with Gasteiger partial charge in [-0.25, -0.2) is 4.79 Å². The summed E-state index contributed by atoms with van der Waals surface area (Å²) in [7, 11) is 0. The Labute approximate surface area is 79.3 Å². The molecule has 66 valence electrons. The van der Waals surface area contributed by atoms with E-state index in [-0.39, 0.29) is 5.97 Å². The van der Waals surface area contributed by atoms with Gasteiger partial charge in [0.25, 0.3) is 0 Å². The molecule has 0 atom stereocenters. The average molecular weight is 193 g/mol. The van der Waals surface area contributed by atoms with E-state index in [2.05, 4.69) is 9.99 Å². The van der Waals surface area contributed by atoms with Gasteiger partial charge in [0.15, 0.2) is 0 Å². The first-order valence-electron chi connectivity index (χ1n) is 3.77. The molecular weight excluding hydrogens is 186 g/mol. The number of carbonyl (C=O) groups is 1. The third kappa shape index (κ3) is 1.53. The van der Waals surface area contributed by atoms with Crippen LogP contribution in [0.5, 0.6) is 0 Å². The molecular formula is C9H7NO2S. The highest BCUT2D eigenvalue weighted by Gasteiger charge is 2.21. The summed E-state index contributed by atoms with van der Waals surface area (Å²) < 4.78 is 0. The summed E-state index contributed by atoms with van der Waals surface area (Å²) >= 11 is 1.59. The van der Waals surface area contributed by atoms with Crippen LogP contribution in [-0.4, -0.2) is 11.7 Å². The van der Waals surface area contributed by atoms with Crippen molar-refractivity contribution in [3.63, 3.8) is 0 Å². The van der Waals surface area contributed by atoms with Crippen molar-refractivity contribution >= 4 is 29.1 Å². The number of nitrogens with zero attached hydrogens (tertiary/aromatic N) is 1. The minimum Gasteiger partial charge on any atom is -0.312 e. The molecule has 0 aliphatic carbocycles. The zero-order valence-corrected chi connectivity index (χ0v) is 7.80. The third-order valence-corrected chi connectivity index (χ3v) is 2.43. The largest absolute Gasteiger partial charge is 0.367 e. The van der Waals surface area contributed by atoms with Crippen LogP contribution in [0.4, 0.5) is 0 Å². The van der Waals surface area contributed by atoms with Crippen LogP contribution in [0.3, 0.4) is 0 Å². The van der Waals surface area contributed by atoms with E-state index in [0.717, 1.165) is 5.56 Å². The van der Waals surface area contributed by atoms with Gasteiger partial charge in [-0.1, -0.05) is 5.16 Å². The predicted octanol–water partition coefficient (Wildman–Crippen LogP) is 2.06. The van der Waals surface area contributed by atoms with E-state index in [0.29, 0.717) is 11.3 Å². The van der Waals surface area contributed by atoms with Crippen molar-refractivity contribution in [3.8, 4) is 0 Å². The van der Waals surface area contributed by atoms with E-state index in [1.807, 2.05) is 16.8 Å². The van der Waals surface area contributed by atoms with E-state index in [4.69, 9.17) is 0 Å². The van der Waals surface area contributed by atoms with Gasteiger partial charge < -0.3 is 4.84 Å². The molecule has 0 aromatic carbocycles. The highest BCUT2D eigenvalue weighted by Crippen LogP contribution is 2.16. The van der Waals surface area contributed by atoms with Gasteiger partial charge in [-0.05, 0) is 35.4 Å². The zero-order valence-electron chi connectivity index (χ0n) is 6.98. The number of oxime groups is 1. The van der Waals surface area contributed by atoms with Gasteiger partial charge >= 0.3 is 5.97 Å². The smallest absolute Gasteiger partial charge is 0.312 e. The SMILES string of the molecule is CC1=NOC(=O)/C1=C/c1ccsc1. The summed E-state index contributed by atoms with van der Waals surface area (Å²) in [6, 6.07) is 1.94. The van der Waals surface area contributed by atoms with E-state index in [9.17, 15) is 4.79 Å². The van der Waals surface area contributed by atoms with Crippen LogP contribution in [0.2, 0.25) is 0 Å². The number of hydrogen-bond acceptors (Lipinski definition) is 4. The van der Waals surface area contributed by atoms with Gasteiger partial charge in [-0.15, -0.1) is 0 Å². The summed E-state index contributed by atoms with van der Waals surface area (Å²) in [5.74, 6) is -0.372. The molecule has 0 saturated heterocycles. The van der Waals surface area contributed by atoms with Gasteiger partial charge in [0.05, 0.1) is 11.3 Å². The van der Waals surface area contributed by atoms with Gasteiger partial charge in [0.1, 0.15) is 0 Å². The first-order valence-corrected chi connectivity index (χ1v) is 4.72. The molecule has 0 saturated carbocycles. The Morgan fingerprint density at radius 1 is 1.62 bits per heavy atom. The van der Waals surface area contributed by atoms with Crippen LogP contribution < -0.4 is 0 Å². The Kier molecular flexibility index (Phi) is 1.98. The molecule has 0 N–H and O–H groups in total. The van der Waals surface area contributed by atoms with Crippen molar-refractivity contribution in [2.24, 2.45) is 5.16 Å². The number of thiophene rings is 1. The maximum atomic E-state index is 11.1. The molecule has 3 nitrogen and oxygen atoms in total. The van der Waals surface area contributed by atoms with Crippen molar-refractivity contribution in [3.05, 3.63) is 28.0 Å². The second kappa shape index (κ2) is 3.14. The van der Waals surface area contributed by atoms with Crippen LogP contribution in [0.25, 0.3) is 6.08 Å². The topological polar surface area (TPSA) is 38.7 Å². The molecule has 1 aromatic rings. The molecule has 2 heterocycles. The van der Waals surface area contributed by atoms with Gasteiger partial charge in [0, 0.05) is 0 Å². The van der Waals surface area contributed by atoms with Crippen LogP contribution in [0.1, 0.15) is 12.5 Å². The van der Waals surface area contributed by atoms with E-state index in [1.54, 1.807) is 24.3 Å². The lowest BCUT2D eigenvalue weighted by atomic mass is 10.1. The lowest BCUT2D eigenvalue weighted by molar-refractivity contribution is -0.136. The Bertz CT molecular complexity index is 390. The Morgan fingerprint density at radius 3 is 3.00 bits per heavy atom. The van der Waals surface area contributed by atoms with Crippen molar-refractivity contribution in [2.75, 3.05) is 0 Å². The van der Waals surface area contributed by atoms with Crippen LogP contribution in [-0.2, 0) is 9.63 Å². The second-order valence-corrected chi connectivity index (χ2v) is 3.45. The molecule has 0 bridgehead atoms. The lowest BCUT2D eigenvalue weighted by Crippen LogP contribution is -2.01. The number of rotatable bonds is 1. The summed E-state index contributed by atoms with van der Waals surface area (Å²) in [4.78, 5) is 15.6. The third-order valence-electron chi connectivity index (χ3n) is 1.73. The van der Waals surface area contributed by atoms with Gasteiger partial charge in [0.2, 0.25) is 0 Å². The molecule has 0 radical (unpaired) electrons. The van der Waals surface area contributed by atoms with E-state index >= 15 is 0 Å². The highest BCUT2D eigenvalue weighted by molar-refractivity contribution is 7.08. The number of carbonyl (C=O) groups excluding carboxylic acids is 1. The van der Waals surface area contributed by atoms with Crippen LogP contribution in [0.15, 0.2) is 27.6 Å². The Hall–Kier alpha value is -1.42. The van der Waals surface area contributed by atoms with E-state index < -0.39 is 0 Å². The first kappa shape index (κ1) is 8.19. The molecule has 1 aliphatic rings. The van der Waals surface area contributed by atoms with Gasteiger partial charge in [-0.3, -0.25) is 0 Å². The average Bonchev–Trinajstić information content (AvgIpc) is 2.70. The molecule has 0 amide bonds. The quantitative estimate of drug-likeness (QED) is 0.506. The van der Waals surface area contributed by atoms with Gasteiger partial charge in [-0.2, -0.15) is 11.3 Å². The monoisotopic (exact) mass is 193 g/mol. The van der Waals surface area contributed by atoms with E-state index in [1.165, 1.54) is 0 Å². The fourth-order valence-corrected chi connectivity index (χ4v) is 1.66. The maximum Gasteiger partial charge on any atom is 0.367 e. The van der Waals surface area contributed by atoms with Crippen molar-refractivity contribution in [2.45, 2.75) is 6.92 Å². The normalized spacial score (nSPS) is 19.0. The molecule has 1 aromatic heterocycles. The number of hydrogen-bond donors (Lipinski definition) is 0. The minimum atomic E-state index is -0.372. The summed E-state index contributed by atoms with van der Waals surface area (Å²) in [6.07, 6.45) is 1.78. The highest BCUT2D eigenvalue weighted by atomic mass is 32.1. The van der Waals surface area contributed by atoms with Crippen molar-refractivity contribution < 1.29 is 9.63 Å².